The van der Waals surface area contributed by atoms with Gasteiger partial charge in [0.2, 0.25) is 5.91 Å². The van der Waals surface area contributed by atoms with E-state index in [-0.39, 0.29) is 27.8 Å². The van der Waals surface area contributed by atoms with Crippen LogP contribution in [0, 0.1) is 18.3 Å². The summed E-state index contributed by atoms with van der Waals surface area (Å²) < 4.78 is 13.6. The van der Waals surface area contributed by atoms with Gasteiger partial charge in [-0.15, -0.1) is 0 Å². The number of thiocarbonyl (C=S) groups is 1. The van der Waals surface area contributed by atoms with Crippen LogP contribution in [-0.4, -0.2) is 27.4 Å². The minimum absolute atomic E-state index is 0.104. The van der Waals surface area contributed by atoms with Crippen molar-refractivity contribution in [1.29, 1.82) is 5.26 Å². The minimum atomic E-state index is -0.874. The third-order valence-electron chi connectivity index (χ3n) is 6.03. The third-order valence-corrected chi connectivity index (χ3v) is 6.39. The molecule has 1 spiro atoms. The number of aryl methyl sites for hydroxylation is 1. The fourth-order valence-electron chi connectivity index (χ4n) is 4.53. The summed E-state index contributed by atoms with van der Waals surface area (Å²) in [6, 6.07) is 8.38. The summed E-state index contributed by atoms with van der Waals surface area (Å²) in [6.45, 7) is 0.883. The maximum Gasteiger partial charge on any atom is 0.259 e. The van der Waals surface area contributed by atoms with Crippen molar-refractivity contribution in [1.82, 2.24) is 4.98 Å². The Morgan fingerprint density at radius 2 is 2.03 bits per heavy atom. The zero-order valence-corrected chi connectivity index (χ0v) is 17.7. The number of halogens is 1. The van der Waals surface area contributed by atoms with E-state index in [0.717, 1.165) is 12.8 Å². The van der Waals surface area contributed by atoms with Gasteiger partial charge in [-0.2, -0.15) is 5.26 Å². The highest BCUT2D eigenvalue weighted by atomic mass is 32.1. The van der Waals surface area contributed by atoms with Gasteiger partial charge in [-0.05, 0) is 67.4 Å². The molecule has 7 nitrogen and oxygen atoms in total. The summed E-state index contributed by atoms with van der Waals surface area (Å²) in [6.07, 6.45) is 4.39. The highest BCUT2D eigenvalue weighted by Crippen LogP contribution is 2.46. The fraction of sp³-hybridized carbons (Fsp3) is 0.318. The molecule has 4 rings (SSSR count). The number of aromatic nitrogens is 1. The molecule has 1 aromatic heterocycles. The van der Waals surface area contributed by atoms with Crippen LogP contribution in [0.4, 0.5) is 15.8 Å². The molecule has 1 saturated heterocycles. The van der Waals surface area contributed by atoms with Crippen molar-refractivity contribution >= 4 is 40.5 Å². The molecular weight excluding hydrogens is 417 g/mol. The Bertz CT molecular complexity index is 1150. The second-order valence-corrected chi connectivity index (χ2v) is 8.17. The van der Waals surface area contributed by atoms with Gasteiger partial charge >= 0.3 is 0 Å². The van der Waals surface area contributed by atoms with Crippen molar-refractivity contribution in [3.63, 3.8) is 0 Å². The van der Waals surface area contributed by atoms with E-state index < -0.39 is 18.1 Å². The lowest BCUT2D eigenvalue weighted by atomic mass is 9.94. The fourth-order valence-corrected chi connectivity index (χ4v) is 4.99. The first kappa shape index (κ1) is 20.9. The van der Waals surface area contributed by atoms with Crippen molar-refractivity contribution < 1.29 is 14.0 Å². The van der Waals surface area contributed by atoms with E-state index in [1.54, 1.807) is 24.0 Å². The van der Waals surface area contributed by atoms with Gasteiger partial charge in [-0.25, -0.2) is 9.37 Å². The quantitative estimate of drug-likeness (QED) is 0.737. The van der Waals surface area contributed by atoms with E-state index in [0.29, 0.717) is 29.8 Å². The molecule has 158 valence electrons. The number of carbonyl (C=O) groups is 2. The molecule has 0 unspecified atom stereocenters. The first-order valence-corrected chi connectivity index (χ1v) is 10.3. The van der Waals surface area contributed by atoms with Crippen molar-refractivity contribution in [2.24, 2.45) is 5.73 Å². The molecule has 0 atom stereocenters. The number of pyridine rings is 1. The maximum absolute atomic E-state index is 13.7. The molecule has 1 aromatic carbocycles. The lowest BCUT2D eigenvalue weighted by molar-refractivity contribution is -0.121. The monoisotopic (exact) mass is 437 g/mol. The molecule has 2 heterocycles. The average Bonchev–Trinajstić information content (AvgIpc) is 3.31. The number of alkyl halides is 1. The zero-order chi connectivity index (χ0) is 22.3. The molecule has 2 aromatic rings. The van der Waals surface area contributed by atoms with Crippen LogP contribution in [0.2, 0.25) is 0 Å². The normalized spacial score (nSPS) is 17.5. The molecule has 1 aliphatic carbocycles. The second-order valence-electron chi connectivity index (χ2n) is 7.81. The lowest BCUT2D eigenvalue weighted by Gasteiger charge is -2.33. The SMILES string of the molecule is Cc1cc(N2C(=O)C3(CCCC3)N(c3ccc(C(N)=O)c(CF)c3)C2=S)cnc1C#N. The molecule has 31 heavy (non-hydrogen) atoms. The van der Waals surface area contributed by atoms with Crippen LogP contribution in [0.3, 0.4) is 0 Å². The van der Waals surface area contributed by atoms with E-state index in [2.05, 4.69) is 4.98 Å². The highest BCUT2D eigenvalue weighted by molar-refractivity contribution is 7.81. The van der Waals surface area contributed by atoms with Gasteiger partial charge in [-0.1, -0.05) is 12.8 Å². The first-order chi connectivity index (χ1) is 14.8. The number of hydrogen-bond acceptors (Lipinski definition) is 5. The largest absolute Gasteiger partial charge is 0.366 e. The molecule has 2 amide bonds. The van der Waals surface area contributed by atoms with Crippen LogP contribution in [0.15, 0.2) is 30.5 Å². The number of primary amides is 1. The summed E-state index contributed by atoms with van der Waals surface area (Å²) in [5.74, 6) is -0.878. The van der Waals surface area contributed by atoms with Gasteiger partial charge < -0.3 is 10.6 Å². The van der Waals surface area contributed by atoms with Crippen LogP contribution < -0.4 is 15.5 Å². The van der Waals surface area contributed by atoms with Crippen molar-refractivity contribution in [3.8, 4) is 6.07 Å². The van der Waals surface area contributed by atoms with Gasteiger partial charge in [0.15, 0.2) is 5.11 Å². The smallest absolute Gasteiger partial charge is 0.259 e. The summed E-state index contributed by atoms with van der Waals surface area (Å²) in [5, 5.41) is 9.42. The molecule has 0 radical (unpaired) electrons. The standard InChI is InChI=1S/C22H20FN5O2S/c1-13-8-16(12-26-18(13)11-24)27-20(30)22(6-2-3-7-22)28(21(27)31)15-4-5-17(19(25)29)14(9-15)10-23/h4-5,8-9,12H,2-3,6-7,10H2,1H3,(H2,25,29). The van der Waals surface area contributed by atoms with Crippen molar-refractivity contribution in [2.75, 3.05) is 9.80 Å². The van der Waals surface area contributed by atoms with Crippen LogP contribution in [0.25, 0.3) is 0 Å². The Morgan fingerprint density at radius 3 is 2.61 bits per heavy atom. The predicted octanol–water partition coefficient (Wildman–Crippen LogP) is 3.28. The second kappa shape index (κ2) is 7.71. The third kappa shape index (κ3) is 3.15. The molecule has 0 bridgehead atoms. The van der Waals surface area contributed by atoms with Gasteiger partial charge in [0, 0.05) is 11.3 Å². The van der Waals surface area contributed by atoms with Crippen molar-refractivity contribution in [3.05, 3.63) is 52.8 Å². The van der Waals surface area contributed by atoms with Gasteiger partial charge in [0.25, 0.3) is 5.91 Å². The van der Waals surface area contributed by atoms with Crippen molar-refractivity contribution in [2.45, 2.75) is 44.8 Å². The van der Waals surface area contributed by atoms with E-state index in [9.17, 15) is 14.0 Å². The number of hydrogen-bond donors (Lipinski definition) is 1. The number of carbonyl (C=O) groups excluding carboxylic acids is 2. The Hall–Kier alpha value is -3.38. The van der Waals surface area contributed by atoms with Crippen LogP contribution in [0.1, 0.15) is 52.9 Å². The van der Waals surface area contributed by atoms with Gasteiger partial charge in [0.05, 0.1) is 11.9 Å². The van der Waals surface area contributed by atoms with Crippen LogP contribution in [-0.2, 0) is 11.5 Å². The van der Waals surface area contributed by atoms with Crippen LogP contribution >= 0.6 is 12.2 Å². The van der Waals surface area contributed by atoms with Gasteiger partial charge in [0.1, 0.15) is 24.0 Å². The average molecular weight is 438 g/mol. The number of amides is 2. The molecule has 9 heteroatoms. The van der Waals surface area contributed by atoms with Gasteiger partial charge in [-0.3, -0.25) is 14.5 Å². The molecule has 2 aliphatic rings. The predicted molar refractivity (Wildman–Crippen MR) is 117 cm³/mol. The topological polar surface area (TPSA) is 103 Å². The maximum atomic E-state index is 13.7. The summed E-state index contributed by atoms with van der Waals surface area (Å²) in [7, 11) is 0. The van der Waals surface area contributed by atoms with E-state index in [1.165, 1.54) is 23.2 Å². The minimum Gasteiger partial charge on any atom is -0.366 e. The first-order valence-electron chi connectivity index (χ1n) is 9.88. The summed E-state index contributed by atoms with van der Waals surface area (Å²) >= 11 is 5.73. The number of nitrogens with two attached hydrogens (primary N) is 1. The zero-order valence-electron chi connectivity index (χ0n) is 16.9. The van der Waals surface area contributed by atoms with E-state index >= 15 is 0 Å². The Kier molecular flexibility index (Phi) is 5.19. The Labute approximate surface area is 184 Å². The Balaban J connectivity index is 1.84. The molecule has 2 N–H and O–H groups in total. The highest BCUT2D eigenvalue weighted by Gasteiger charge is 2.57. The molecule has 1 aliphatic heterocycles. The van der Waals surface area contributed by atoms with E-state index in [1.807, 2.05) is 6.07 Å². The number of benzene rings is 1. The van der Waals surface area contributed by atoms with Crippen LogP contribution in [0.5, 0.6) is 0 Å². The number of anilines is 2. The summed E-state index contributed by atoms with van der Waals surface area (Å²) in [5.41, 5.74) is 6.69. The molecule has 1 saturated carbocycles. The number of rotatable bonds is 4. The number of nitrogens with zero attached hydrogens (tertiary/aromatic N) is 4. The number of nitriles is 1. The van der Waals surface area contributed by atoms with E-state index in [4.69, 9.17) is 23.2 Å². The summed E-state index contributed by atoms with van der Waals surface area (Å²) in [4.78, 5) is 32.7. The lowest BCUT2D eigenvalue weighted by Crippen LogP contribution is -2.47. The molecule has 2 fully saturated rings. The molecular formula is C22H20FN5O2S. The Morgan fingerprint density at radius 1 is 1.32 bits per heavy atom.